The van der Waals surface area contributed by atoms with Crippen LogP contribution in [0, 0.1) is 0 Å². The number of rotatable bonds is 6. The van der Waals surface area contributed by atoms with Gasteiger partial charge < -0.3 is 20.7 Å². The van der Waals surface area contributed by atoms with Gasteiger partial charge in [-0.3, -0.25) is 14.6 Å². The Bertz CT molecular complexity index is 993. The van der Waals surface area contributed by atoms with Crippen molar-refractivity contribution in [2.75, 3.05) is 11.9 Å². The van der Waals surface area contributed by atoms with E-state index in [9.17, 15) is 9.59 Å². The molecule has 26 heavy (non-hydrogen) atoms. The van der Waals surface area contributed by atoms with Crippen LogP contribution in [0.3, 0.4) is 0 Å². The smallest absolute Gasteiger partial charge is 0.322 e. The minimum atomic E-state index is -0.975. The van der Waals surface area contributed by atoms with Gasteiger partial charge in [0.05, 0.1) is 5.69 Å². The van der Waals surface area contributed by atoms with Crippen LogP contribution in [0.5, 0.6) is 0 Å². The summed E-state index contributed by atoms with van der Waals surface area (Å²) >= 11 is 0. The predicted octanol–water partition coefficient (Wildman–Crippen LogP) is 2.01. The number of carboxylic acids is 1. The molecule has 0 atom stereocenters. The molecule has 1 amide bonds. The van der Waals surface area contributed by atoms with Gasteiger partial charge in [0.1, 0.15) is 18.0 Å². The lowest BCUT2D eigenvalue weighted by atomic mass is 10.1. The molecule has 3 heterocycles. The molecule has 0 aromatic carbocycles. The number of amides is 1. The Hall–Kier alpha value is -3.42. The van der Waals surface area contributed by atoms with E-state index in [2.05, 4.69) is 25.6 Å². The van der Waals surface area contributed by atoms with Gasteiger partial charge in [0.15, 0.2) is 0 Å². The summed E-state index contributed by atoms with van der Waals surface area (Å²) in [6, 6.07) is 7.31. The summed E-state index contributed by atoms with van der Waals surface area (Å²) in [7, 11) is 0. The van der Waals surface area contributed by atoms with Crippen molar-refractivity contribution in [1.29, 1.82) is 0 Å². The van der Waals surface area contributed by atoms with Crippen LogP contribution < -0.4 is 10.6 Å². The van der Waals surface area contributed by atoms with E-state index in [1.54, 1.807) is 30.6 Å². The molecule has 132 valence electrons. The average molecular weight is 351 g/mol. The zero-order chi connectivity index (χ0) is 18.1. The van der Waals surface area contributed by atoms with Crippen molar-refractivity contribution in [2.45, 2.75) is 18.9 Å². The van der Waals surface area contributed by atoms with Crippen LogP contribution in [-0.2, 0) is 4.79 Å². The SMILES string of the molecule is O=C(O)CNc1cc(-c2cc(C(=O)NC3CC3)ccn2)c2cc[nH]c2n1. The van der Waals surface area contributed by atoms with Gasteiger partial charge in [-0.05, 0) is 37.1 Å². The first-order valence-electron chi connectivity index (χ1n) is 8.31. The average Bonchev–Trinajstić information content (AvgIpc) is 3.32. The molecule has 4 rings (SSSR count). The van der Waals surface area contributed by atoms with Crippen LogP contribution in [0.1, 0.15) is 23.2 Å². The number of aromatic amines is 1. The normalized spacial score (nSPS) is 13.5. The Morgan fingerprint density at radius 1 is 1.27 bits per heavy atom. The van der Waals surface area contributed by atoms with Crippen molar-refractivity contribution in [2.24, 2.45) is 0 Å². The third-order valence-corrected chi connectivity index (χ3v) is 4.16. The van der Waals surface area contributed by atoms with Crippen molar-refractivity contribution < 1.29 is 14.7 Å². The highest BCUT2D eigenvalue weighted by Crippen LogP contribution is 2.29. The number of carboxylic acid groups (broad SMARTS) is 1. The van der Waals surface area contributed by atoms with Crippen molar-refractivity contribution in [3.63, 3.8) is 0 Å². The van der Waals surface area contributed by atoms with Gasteiger partial charge in [0, 0.05) is 34.9 Å². The molecule has 0 spiro atoms. The van der Waals surface area contributed by atoms with Crippen LogP contribution in [0.25, 0.3) is 22.3 Å². The highest BCUT2D eigenvalue weighted by Gasteiger charge is 2.24. The molecular formula is C18H17N5O3. The lowest BCUT2D eigenvalue weighted by Crippen LogP contribution is -2.25. The van der Waals surface area contributed by atoms with Gasteiger partial charge in [-0.15, -0.1) is 0 Å². The maximum absolute atomic E-state index is 12.3. The van der Waals surface area contributed by atoms with Gasteiger partial charge in [-0.2, -0.15) is 0 Å². The van der Waals surface area contributed by atoms with Crippen LogP contribution in [0.4, 0.5) is 5.82 Å². The third kappa shape index (κ3) is 3.34. The summed E-state index contributed by atoms with van der Waals surface area (Å²) in [6.45, 7) is -0.240. The summed E-state index contributed by atoms with van der Waals surface area (Å²) in [5.74, 6) is -0.663. The van der Waals surface area contributed by atoms with Gasteiger partial charge >= 0.3 is 5.97 Å². The van der Waals surface area contributed by atoms with Gasteiger partial charge in [0.2, 0.25) is 0 Å². The monoisotopic (exact) mass is 351 g/mol. The number of H-pyrrole nitrogens is 1. The Morgan fingerprint density at radius 2 is 2.12 bits per heavy atom. The summed E-state index contributed by atoms with van der Waals surface area (Å²) in [5.41, 5.74) is 2.55. The molecule has 0 bridgehead atoms. The number of carbonyl (C=O) groups excluding carboxylic acids is 1. The fourth-order valence-electron chi connectivity index (χ4n) is 2.72. The first kappa shape index (κ1) is 16.1. The number of fused-ring (bicyclic) bond motifs is 1. The maximum Gasteiger partial charge on any atom is 0.322 e. The minimum Gasteiger partial charge on any atom is -0.480 e. The molecule has 8 nitrogen and oxygen atoms in total. The molecule has 1 aliphatic carbocycles. The second kappa shape index (κ2) is 6.47. The van der Waals surface area contributed by atoms with Crippen LogP contribution in [0.15, 0.2) is 36.7 Å². The van der Waals surface area contributed by atoms with E-state index in [4.69, 9.17) is 5.11 Å². The Morgan fingerprint density at radius 3 is 2.88 bits per heavy atom. The molecule has 0 aliphatic heterocycles. The van der Waals surface area contributed by atoms with E-state index in [0.29, 0.717) is 22.7 Å². The maximum atomic E-state index is 12.3. The van der Waals surface area contributed by atoms with E-state index in [1.807, 2.05) is 6.07 Å². The predicted molar refractivity (Wildman–Crippen MR) is 95.9 cm³/mol. The molecule has 0 saturated heterocycles. The second-order valence-corrected chi connectivity index (χ2v) is 6.22. The van der Waals surface area contributed by atoms with Crippen LogP contribution >= 0.6 is 0 Å². The molecule has 8 heteroatoms. The quantitative estimate of drug-likeness (QED) is 0.539. The van der Waals surface area contributed by atoms with Crippen molar-refractivity contribution in [3.05, 3.63) is 42.2 Å². The van der Waals surface area contributed by atoms with Crippen molar-refractivity contribution in [3.8, 4) is 11.3 Å². The number of pyridine rings is 2. The number of anilines is 1. The topological polar surface area (TPSA) is 120 Å². The zero-order valence-electron chi connectivity index (χ0n) is 13.8. The van der Waals surface area contributed by atoms with Gasteiger partial charge in [-0.25, -0.2) is 4.98 Å². The van der Waals surface area contributed by atoms with Gasteiger partial charge in [0.25, 0.3) is 5.91 Å². The summed E-state index contributed by atoms with van der Waals surface area (Å²) < 4.78 is 0. The fraction of sp³-hybridized carbons (Fsp3) is 0.222. The summed E-state index contributed by atoms with van der Waals surface area (Å²) in [4.78, 5) is 34.9. The number of nitrogens with one attached hydrogen (secondary N) is 3. The molecule has 0 radical (unpaired) electrons. The number of aromatic nitrogens is 3. The Kier molecular flexibility index (Phi) is 4.00. The molecule has 4 N–H and O–H groups in total. The lowest BCUT2D eigenvalue weighted by molar-refractivity contribution is -0.134. The van der Waals surface area contributed by atoms with E-state index in [1.165, 1.54) is 0 Å². The Labute approximate surface area is 148 Å². The van der Waals surface area contributed by atoms with Crippen molar-refractivity contribution >= 4 is 28.7 Å². The molecule has 1 aliphatic rings. The van der Waals surface area contributed by atoms with Crippen LogP contribution in [-0.4, -0.2) is 44.5 Å². The fourth-order valence-corrected chi connectivity index (χ4v) is 2.72. The third-order valence-electron chi connectivity index (χ3n) is 4.16. The van der Waals surface area contributed by atoms with E-state index in [0.717, 1.165) is 23.8 Å². The number of hydrogen-bond acceptors (Lipinski definition) is 5. The molecule has 3 aromatic rings. The molecule has 3 aromatic heterocycles. The van der Waals surface area contributed by atoms with Crippen LogP contribution in [0.2, 0.25) is 0 Å². The highest BCUT2D eigenvalue weighted by atomic mass is 16.4. The highest BCUT2D eigenvalue weighted by molar-refractivity contribution is 5.98. The number of carbonyl (C=O) groups is 2. The lowest BCUT2D eigenvalue weighted by Gasteiger charge is -2.09. The van der Waals surface area contributed by atoms with Gasteiger partial charge in [-0.1, -0.05) is 0 Å². The van der Waals surface area contributed by atoms with E-state index >= 15 is 0 Å². The molecule has 0 unspecified atom stereocenters. The number of hydrogen-bond donors (Lipinski definition) is 4. The molecular weight excluding hydrogens is 334 g/mol. The summed E-state index contributed by atoms with van der Waals surface area (Å²) in [5, 5.41) is 15.4. The molecule has 1 saturated carbocycles. The Balaban J connectivity index is 1.71. The van der Waals surface area contributed by atoms with Crippen molar-refractivity contribution in [1.82, 2.24) is 20.3 Å². The van der Waals surface area contributed by atoms with E-state index < -0.39 is 5.97 Å². The largest absolute Gasteiger partial charge is 0.480 e. The first-order chi connectivity index (χ1) is 12.6. The van der Waals surface area contributed by atoms with E-state index in [-0.39, 0.29) is 18.5 Å². The first-order valence-corrected chi connectivity index (χ1v) is 8.31. The second-order valence-electron chi connectivity index (χ2n) is 6.22. The number of nitrogens with zero attached hydrogens (tertiary/aromatic N) is 2. The number of aliphatic carboxylic acids is 1. The zero-order valence-corrected chi connectivity index (χ0v) is 13.8. The summed E-state index contributed by atoms with van der Waals surface area (Å²) in [6.07, 6.45) is 5.40. The standard InChI is InChI=1S/C18H17N5O3/c24-16(25)9-21-15-8-13(12-4-6-20-17(12)23-15)14-7-10(3-5-19-14)18(26)22-11-1-2-11/h3-8,11H,1-2,9H2,(H,22,26)(H,24,25)(H2,20,21,23). The minimum absolute atomic E-state index is 0.111. The molecule has 1 fully saturated rings.